The van der Waals surface area contributed by atoms with Crippen LogP contribution in [-0.2, 0) is 10.0 Å². The third-order valence-electron chi connectivity index (χ3n) is 0.995. The number of nitrogens with zero attached hydrogens (tertiary/aromatic N) is 3. The van der Waals surface area contributed by atoms with Gasteiger partial charge in [0.2, 0.25) is 11.2 Å². The summed E-state index contributed by atoms with van der Waals surface area (Å²) < 4.78 is 23.8. The fourth-order valence-corrected chi connectivity index (χ4v) is 1.05. The van der Waals surface area contributed by atoms with Crippen LogP contribution in [0.4, 0.5) is 5.95 Å². The van der Waals surface area contributed by atoms with E-state index in [9.17, 15) is 8.42 Å². The number of nitrogens with one attached hydrogen (secondary N) is 1. The third kappa shape index (κ3) is 2.96. The zero-order valence-electron chi connectivity index (χ0n) is 6.31. The van der Waals surface area contributed by atoms with Crippen molar-refractivity contribution >= 4 is 27.6 Å². The average Bonchev–Trinajstić information content (AvgIpc) is 2.03. The lowest BCUT2D eigenvalue weighted by molar-refractivity contribution is 0.609. The second-order valence-electron chi connectivity index (χ2n) is 1.89. The van der Waals surface area contributed by atoms with Crippen molar-refractivity contribution in [3.05, 3.63) is 23.6 Å². The summed E-state index contributed by atoms with van der Waals surface area (Å²) in [6.07, 6.45) is 1.09. The van der Waals surface area contributed by atoms with Crippen molar-refractivity contribution in [2.45, 2.75) is 0 Å². The van der Waals surface area contributed by atoms with Gasteiger partial charge in [0.05, 0.1) is 0 Å². The van der Waals surface area contributed by atoms with Crippen LogP contribution in [0.2, 0.25) is 5.28 Å². The average molecular weight is 221 g/mol. The summed E-state index contributed by atoms with van der Waals surface area (Å²) in [6, 6.07) is 0. The summed E-state index contributed by atoms with van der Waals surface area (Å²) >= 11 is 5.39. The van der Waals surface area contributed by atoms with Crippen LogP contribution in [0.3, 0.4) is 0 Å². The lowest BCUT2D eigenvalue weighted by atomic mass is 11.0. The third-order valence-corrected chi connectivity index (χ3v) is 2.08. The first kappa shape index (κ1) is 9.87. The van der Waals surface area contributed by atoms with E-state index >= 15 is 0 Å². The smallest absolute Gasteiger partial charge is 0.248 e. The van der Waals surface area contributed by atoms with E-state index in [2.05, 4.69) is 21.5 Å². The normalized spacial score (nSPS) is 10.8. The number of anilines is 1. The van der Waals surface area contributed by atoms with Gasteiger partial charge in [0.25, 0.3) is 10.0 Å². The SMILES string of the molecule is C=CS(=O)(=O)Nc1ncnc(Cl)n1. The van der Waals surface area contributed by atoms with Crippen molar-refractivity contribution < 1.29 is 8.42 Å². The highest BCUT2D eigenvalue weighted by atomic mass is 35.5. The van der Waals surface area contributed by atoms with E-state index in [0.29, 0.717) is 0 Å². The molecule has 0 spiro atoms. The van der Waals surface area contributed by atoms with E-state index in [4.69, 9.17) is 11.6 Å². The monoisotopic (exact) mass is 220 g/mol. The molecule has 0 amide bonds. The van der Waals surface area contributed by atoms with E-state index < -0.39 is 10.0 Å². The van der Waals surface area contributed by atoms with Gasteiger partial charge in [-0.1, -0.05) is 6.58 Å². The topological polar surface area (TPSA) is 84.8 Å². The van der Waals surface area contributed by atoms with Gasteiger partial charge < -0.3 is 0 Å². The second kappa shape index (κ2) is 3.67. The van der Waals surface area contributed by atoms with Crippen LogP contribution in [0.1, 0.15) is 0 Å². The van der Waals surface area contributed by atoms with Gasteiger partial charge in [0, 0.05) is 5.41 Å². The lowest BCUT2D eigenvalue weighted by Crippen LogP contribution is -2.11. The van der Waals surface area contributed by atoms with Crippen molar-refractivity contribution in [1.82, 2.24) is 15.0 Å². The van der Waals surface area contributed by atoms with E-state index in [0.717, 1.165) is 11.7 Å². The van der Waals surface area contributed by atoms with Gasteiger partial charge in [-0.25, -0.2) is 23.1 Å². The molecule has 6 nitrogen and oxygen atoms in total. The summed E-state index contributed by atoms with van der Waals surface area (Å²) in [6.45, 7) is 3.10. The minimum Gasteiger partial charge on any atom is -0.248 e. The van der Waals surface area contributed by atoms with Crippen molar-refractivity contribution in [1.29, 1.82) is 0 Å². The summed E-state index contributed by atoms with van der Waals surface area (Å²) in [5.41, 5.74) is 0. The van der Waals surface area contributed by atoms with Crippen molar-refractivity contribution in [3.63, 3.8) is 0 Å². The standard InChI is InChI=1S/C5H5ClN4O2S/c1-2-13(11,12)10-5-8-3-7-4(6)9-5/h2-3H,1H2,(H,7,8,9,10). The maximum Gasteiger partial charge on any atom is 0.256 e. The maximum absolute atomic E-state index is 10.9. The molecule has 1 aromatic heterocycles. The molecule has 0 aliphatic rings. The molecular weight excluding hydrogens is 216 g/mol. The quantitative estimate of drug-likeness (QED) is 0.798. The van der Waals surface area contributed by atoms with Gasteiger partial charge in [0.15, 0.2) is 0 Å². The molecule has 0 saturated carbocycles. The number of hydrogen-bond donors (Lipinski definition) is 1. The Bertz CT molecular complexity index is 418. The number of halogens is 1. The second-order valence-corrected chi connectivity index (χ2v) is 3.86. The summed E-state index contributed by atoms with van der Waals surface area (Å²) in [7, 11) is -3.59. The van der Waals surface area contributed by atoms with Crippen molar-refractivity contribution in [3.8, 4) is 0 Å². The molecule has 1 rings (SSSR count). The molecule has 8 heteroatoms. The van der Waals surface area contributed by atoms with Gasteiger partial charge in [-0.2, -0.15) is 4.98 Å². The van der Waals surface area contributed by atoms with Crippen LogP contribution >= 0.6 is 11.6 Å². The van der Waals surface area contributed by atoms with Gasteiger partial charge in [-0.3, -0.25) is 0 Å². The van der Waals surface area contributed by atoms with Gasteiger partial charge >= 0.3 is 0 Å². The molecule has 0 fully saturated rings. The molecule has 0 atom stereocenters. The molecule has 0 aliphatic heterocycles. The molecule has 1 aromatic rings. The highest BCUT2D eigenvalue weighted by molar-refractivity contribution is 7.95. The minimum atomic E-state index is -3.59. The Labute approximate surface area is 79.7 Å². The van der Waals surface area contributed by atoms with E-state index in [1.807, 2.05) is 4.72 Å². The van der Waals surface area contributed by atoms with E-state index in [1.54, 1.807) is 0 Å². The van der Waals surface area contributed by atoms with Crippen molar-refractivity contribution in [2.24, 2.45) is 0 Å². The summed E-state index contributed by atoms with van der Waals surface area (Å²) in [4.78, 5) is 10.5. The number of hydrogen-bond acceptors (Lipinski definition) is 5. The fourth-order valence-electron chi connectivity index (χ4n) is 0.494. The molecule has 0 aromatic carbocycles. The van der Waals surface area contributed by atoms with Crippen LogP contribution in [-0.4, -0.2) is 23.4 Å². The Kier molecular flexibility index (Phi) is 2.79. The van der Waals surface area contributed by atoms with Gasteiger partial charge in [0.1, 0.15) is 6.33 Å². The Morgan fingerprint density at radius 1 is 1.54 bits per heavy atom. The summed E-state index contributed by atoms with van der Waals surface area (Å²) in [5.74, 6) is -0.139. The molecule has 1 heterocycles. The molecule has 0 unspecified atom stereocenters. The zero-order chi connectivity index (χ0) is 9.90. The number of aromatic nitrogens is 3. The highest BCUT2D eigenvalue weighted by Gasteiger charge is 2.06. The van der Waals surface area contributed by atoms with E-state index in [-0.39, 0.29) is 11.2 Å². The number of rotatable bonds is 3. The molecule has 0 saturated heterocycles. The van der Waals surface area contributed by atoms with Gasteiger partial charge in [-0.05, 0) is 11.6 Å². The maximum atomic E-state index is 10.9. The number of sulfonamides is 1. The summed E-state index contributed by atoms with van der Waals surface area (Å²) in [5, 5.41) is 0.654. The van der Waals surface area contributed by atoms with Crippen molar-refractivity contribution in [2.75, 3.05) is 4.72 Å². The first-order chi connectivity index (χ1) is 6.03. The molecule has 0 bridgehead atoms. The van der Waals surface area contributed by atoms with E-state index in [1.165, 1.54) is 0 Å². The van der Waals surface area contributed by atoms with Crippen LogP contribution in [0.5, 0.6) is 0 Å². The molecule has 1 N–H and O–H groups in total. The minimum absolute atomic E-state index is 0.0863. The van der Waals surface area contributed by atoms with Crippen LogP contribution in [0.25, 0.3) is 0 Å². The Morgan fingerprint density at radius 2 is 2.23 bits per heavy atom. The predicted octanol–water partition coefficient (Wildman–Crippen LogP) is 0.410. The largest absolute Gasteiger partial charge is 0.256 e. The Hall–Kier alpha value is -1.21. The molecule has 13 heavy (non-hydrogen) atoms. The highest BCUT2D eigenvalue weighted by Crippen LogP contribution is 2.04. The first-order valence-corrected chi connectivity index (χ1v) is 4.96. The Balaban J connectivity index is 2.93. The molecular formula is C5H5ClN4O2S. The van der Waals surface area contributed by atoms with Crippen LogP contribution < -0.4 is 4.72 Å². The van der Waals surface area contributed by atoms with Crippen LogP contribution in [0, 0.1) is 0 Å². The lowest BCUT2D eigenvalue weighted by Gasteiger charge is -2.00. The molecule has 0 aliphatic carbocycles. The predicted molar refractivity (Wildman–Crippen MR) is 47.6 cm³/mol. The first-order valence-electron chi connectivity index (χ1n) is 3.03. The fraction of sp³-hybridized carbons (Fsp3) is 0. The zero-order valence-corrected chi connectivity index (χ0v) is 7.88. The van der Waals surface area contributed by atoms with Gasteiger partial charge in [-0.15, -0.1) is 0 Å². The Morgan fingerprint density at radius 3 is 2.77 bits per heavy atom. The molecule has 0 radical (unpaired) electrons. The molecule has 70 valence electrons. The van der Waals surface area contributed by atoms with Crippen LogP contribution in [0.15, 0.2) is 18.3 Å².